The van der Waals surface area contributed by atoms with E-state index >= 15 is 0 Å². The maximum atomic E-state index is 11.1. The standard InChI is InChI=1S/C12H16O/c1-3-10-5-7-11(8-6-10)9-12(13)4-2/h3,5,7-8H,4,6,9H2,1-2H3. The Morgan fingerprint density at radius 1 is 1.54 bits per heavy atom. The van der Waals surface area contributed by atoms with Gasteiger partial charge in [-0.25, -0.2) is 0 Å². The first kappa shape index (κ1) is 9.97. The fourth-order valence-corrected chi connectivity index (χ4v) is 1.30. The first-order chi connectivity index (χ1) is 6.26. The summed E-state index contributed by atoms with van der Waals surface area (Å²) in [6.45, 7) is 3.95. The minimum absolute atomic E-state index is 0.319. The Kier molecular flexibility index (Phi) is 3.69. The molecule has 0 amide bonds. The monoisotopic (exact) mass is 176 g/mol. The zero-order chi connectivity index (χ0) is 9.68. The van der Waals surface area contributed by atoms with Crippen molar-refractivity contribution in [3.8, 4) is 0 Å². The molecule has 0 saturated heterocycles. The Balaban J connectivity index is 2.53. The molecule has 0 aromatic heterocycles. The van der Waals surface area contributed by atoms with E-state index in [0.717, 1.165) is 12.0 Å². The Morgan fingerprint density at radius 2 is 2.31 bits per heavy atom. The molecule has 0 N–H and O–H groups in total. The molecule has 1 rings (SSSR count). The number of ketones is 1. The molecule has 0 saturated carbocycles. The normalized spacial score (nSPS) is 18.9. The molecule has 13 heavy (non-hydrogen) atoms. The van der Waals surface area contributed by atoms with Crippen molar-refractivity contribution in [2.75, 3.05) is 0 Å². The summed E-state index contributed by atoms with van der Waals surface area (Å²) in [7, 11) is 0. The summed E-state index contributed by atoms with van der Waals surface area (Å²) < 4.78 is 0. The number of carbonyl (C=O) groups is 1. The Labute approximate surface area is 79.8 Å². The highest BCUT2D eigenvalue weighted by molar-refractivity contribution is 5.81. The van der Waals surface area contributed by atoms with Crippen LogP contribution in [-0.2, 0) is 4.79 Å². The number of Topliss-reactive ketones (excluding diaryl/α,β-unsaturated/α-hetero) is 1. The van der Waals surface area contributed by atoms with Crippen molar-refractivity contribution in [3.63, 3.8) is 0 Å². The molecule has 0 radical (unpaired) electrons. The average molecular weight is 176 g/mol. The van der Waals surface area contributed by atoms with Gasteiger partial charge in [0.25, 0.3) is 0 Å². The fraction of sp³-hybridized carbons (Fsp3) is 0.417. The van der Waals surface area contributed by atoms with Crippen molar-refractivity contribution < 1.29 is 4.79 Å². The molecule has 1 nitrogen and oxygen atoms in total. The third kappa shape index (κ3) is 3.02. The van der Waals surface area contributed by atoms with Crippen molar-refractivity contribution in [2.24, 2.45) is 0 Å². The van der Waals surface area contributed by atoms with Crippen LogP contribution in [0.1, 0.15) is 33.1 Å². The molecular weight excluding hydrogens is 160 g/mol. The summed E-state index contributed by atoms with van der Waals surface area (Å²) in [5.41, 5.74) is 2.49. The van der Waals surface area contributed by atoms with Gasteiger partial charge in [0, 0.05) is 12.8 Å². The second-order valence-electron chi connectivity index (χ2n) is 3.25. The lowest BCUT2D eigenvalue weighted by atomic mass is 9.98. The van der Waals surface area contributed by atoms with Gasteiger partial charge in [0.1, 0.15) is 5.78 Å². The summed E-state index contributed by atoms with van der Waals surface area (Å²) in [6.07, 6.45) is 10.6. The van der Waals surface area contributed by atoms with Gasteiger partial charge in [0.05, 0.1) is 0 Å². The second kappa shape index (κ2) is 4.80. The molecule has 0 aromatic rings. The molecule has 0 aromatic carbocycles. The van der Waals surface area contributed by atoms with Gasteiger partial charge < -0.3 is 0 Å². The van der Waals surface area contributed by atoms with E-state index < -0.39 is 0 Å². The molecule has 0 aliphatic heterocycles. The largest absolute Gasteiger partial charge is 0.299 e. The third-order valence-electron chi connectivity index (χ3n) is 2.28. The number of rotatable bonds is 3. The fourth-order valence-electron chi connectivity index (χ4n) is 1.30. The molecule has 0 fully saturated rings. The van der Waals surface area contributed by atoms with E-state index in [1.54, 1.807) is 0 Å². The van der Waals surface area contributed by atoms with Crippen LogP contribution in [0, 0.1) is 0 Å². The van der Waals surface area contributed by atoms with Gasteiger partial charge in [-0.3, -0.25) is 4.79 Å². The van der Waals surface area contributed by atoms with Crippen LogP contribution in [0.5, 0.6) is 0 Å². The van der Waals surface area contributed by atoms with Crippen LogP contribution < -0.4 is 0 Å². The van der Waals surface area contributed by atoms with Gasteiger partial charge in [-0.2, -0.15) is 0 Å². The van der Waals surface area contributed by atoms with E-state index in [-0.39, 0.29) is 0 Å². The number of carbonyl (C=O) groups excluding carboxylic acids is 1. The molecule has 70 valence electrons. The minimum atomic E-state index is 0.319. The quantitative estimate of drug-likeness (QED) is 0.645. The maximum Gasteiger partial charge on any atom is 0.136 e. The van der Waals surface area contributed by atoms with E-state index in [1.807, 2.05) is 19.9 Å². The molecule has 1 aliphatic rings. The van der Waals surface area contributed by atoms with E-state index in [1.165, 1.54) is 5.57 Å². The SMILES string of the molecule is CC=C1C=CC(CC(=O)CC)=CC1. The maximum absolute atomic E-state index is 11.1. The van der Waals surface area contributed by atoms with Gasteiger partial charge in [-0.05, 0) is 24.5 Å². The first-order valence-electron chi connectivity index (χ1n) is 4.80. The molecule has 0 atom stereocenters. The van der Waals surface area contributed by atoms with Crippen LogP contribution in [0.15, 0.2) is 35.5 Å². The van der Waals surface area contributed by atoms with Crippen LogP contribution in [0.25, 0.3) is 0 Å². The van der Waals surface area contributed by atoms with Gasteiger partial charge >= 0.3 is 0 Å². The van der Waals surface area contributed by atoms with Crippen LogP contribution >= 0.6 is 0 Å². The Bertz CT molecular complexity index is 279. The second-order valence-corrected chi connectivity index (χ2v) is 3.25. The minimum Gasteiger partial charge on any atom is -0.299 e. The van der Waals surface area contributed by atoms with E-state index in [9.17, 15) is 4.79 Å². The lowest BCUT2D eigenvalue weighted by molar-refractivity contribution is -0.118. The zero-order valence-corrected chi connectivity index (χ0v) is 8.34. The molecule has 0 bridgehead atoms. The summed E-state index contributed by atoms with van der Waals surface area (Å²) >= 11 is 0. The van der Waals surface area contributed by atoms with Crippen LogP contribution in [0.4, 0.5) is 0 Å². The van der Waals surface area contributed by atoms with E-state index in [4.69, 9.17) is 0 Å². The number of allylic oxidation sites excluding steroid dienone is 6. The molecule has 0 unspecified atom stereocenters. The topological polar surface area (TPSA) is 17.1 Å². The number of hydrogen-bond acceptors (Lipinski definition) is 1. The van der Waals surface area contributed by atoms with E-state index in [2.05, 4.69) is 18.2 Å². The van der Waals surface area contributed by atoms with Crippen molar-refractivity contribution in [1.82, 2.24) is 0 Å². The lowest BCUT2D eigenvalue weighted by Crippen LogP contribution is -1.98. The van der Waals surface area contributed by atoms with Gasteiger partial charge in [0.15, 0.2) is 0 Å². The van der Waals surface area contributed by atoms with Crippen LogP contribution in [0.3, 0.4) is 0 Å². The summed E-state index contributed by atoms with van der Waals surface area (Å²) in [5, 5.41) is 0. The smallest absolute Gasteiger partial charge is 0.136 e. The highest BCUT2D eigenvalue weighted by Crippen LogP contribution is 2.18. The predicted molar refractivity (Wildman–Crippen MR) is 55.5 cm³/mol. The zero-order valence-electron chi connectivity index (χ0n) is 8.34. The van der Waals surface area contributed by atoms with Crippen LogP contribution in [0.2, 0.25) is 0 Å². The molecule has 0 heterocycles. The van der Waals surface area contributed by atoms with Crippen molar-refractivity contribution in [3.05, 3.63) is 35.5 Å². The predicted octanol–water partition coefficient (Wildman–Crippen LogP) is 3.19. The number of hydrogen-bond donors (Lipinski definition) is 0. The highest BCUT2D eigenvalue weighted by Gasteiger charge is 2.04. The Morgan fingerprint density at radius 3 is 2.77 bits per heavy atom. The summed E-state index contributed by atoms with van der Waals surface area (Å²) in [5.74, 6) is 0.319. The van der Waals surface area contributed by atoms with Crippen LogP contribution in [-0.4, -0.2) is 5.78 Å². The molecule has 1 aliphatic carbocycles. The Hall–Kier alpha value is -1.11. The molecule has 0 spiro atoms. The van der Waals surface area contributed by atoms with Gasteiger partial charge in [-0.15, -0.1) is 0 Å². The lowest BCUT2D eigenvalue weighted by Gasteiger charge is -2.07. The van der Waals surface area contributed by atoms with Gasteiger partial charge in [-0.1, -0.05) is 31.2 Å². The average Bonchev–Trinajstić information content (AvgIpc) is 2.19. The summed E-state index contributed by atoms with van der Waals surface area (Å²) in [6, 6.07) is 0. The molecule has 1 heteroatoms. The summed E-state index contributed by atoms with van der Waals surface area (Å²) in [4.78, 5) is 11.1. The third-order valence-corrected chi connectivity index (χ3v) is 2.28. The molecular formula is C12H16O. The van der Waals surface area contributed by atoms with Gasteiger partial charge in [0.2, 0.25) is 0 Å². The highest BCUT2D eigenvalue weighted by atomic mass is 16.1. The van der Waals surface area contributed by atoms with Crippen molar-refractivity contribution in [2.45, 2.75) is 33.1 Å². The van der Waals surface area contributed by atoms with Crippen molar-refractivity contribution >= 4 is 5.78 Å². The van der Waals surface area contributed by atoms with Crippen molar-refractivity contribution in [1.29, 1.82) is 0 Å². The van der Waals surface area contributed by atoms with E-state index in [0.29, 0.717) is 18.6 Å². The first-order valence-corrected chi connectivity index (χ1v) is 4.80.